The molecule has 1 heterocycles. The first-order chi connectivity index (χ1) is 11.7. The number of hydrogen-bond acceptors (Lipinski definition) is 2. The Bertz CT molecular complexity index is 546. The minimum Gasteiger partial charge on any atom is -0.376 e. The SMILES string of the molecule is CN=C(NCC1CCCO1)NCC1(c2ccc(F)cc2)CCCC1. The molecule has 1 saturated heterocycles. The highest BCUT2D eigenvalue weighted by atomic mass is 19.1. The lowest BCUT2D eigenvalue weighted by atomic mass is 9.79. The minimum atomic E-state index is -0.172. The average molecular weight is 333 g/mol. The first-order valence-corrected chi connectivity index (χ1v) is 9.04. The van der Waals surface area contributed by atoms with Gasteiger partial charge in [0.15, 0.2) is 5.96 Å². The lowest BCUT2D eigenvalue weighted by molar-refractivity contribution is 0.113. The average Bonchev–Trinajstić information content (AvgIpc) is 3.28. The van der Waals surface area contributed by atoms with E-state index in [1.807, 2.05) is 12.1 Å². The van der Waals surface area contributed by atoms with Gasteiger partial charge in [-0.25, -0.2) is 4.39 Å². The van der Waals surface area contributed by atoms with Crippen LogP contribution in [0.25, 0.3) is 0 Å². The normalized spacial score (nSPS) is 23.4. The summed E-state index contributed by atoms with van der Waals surface area (Å²) in [6.45, 7) is 2.49. The van der Waals surface area contributed by atoms with E-state index < -0.39 is 0 Å². The molecule has 0 radical (unpaired) electrons. The van der Waals surface area contributed by atoms with E-state index in [1.54, 1.807) is 19.2 Å². The zero-order chi connectivity index (χ0) is 16.8. The predicted octanol–water partition coefficient (Wildman–Crippen LogP) is 2.98. The van der Waals surface area contributed by atoms with Crippen molar-refractivity contribution in [3.8, 4) is 0 Å². The molecule has 2 aliphatic rings. The Morgan fingerprint density at radius 3 is 2.58 bits per heavy atom. The third kappa shape index (κ3) is 4.07. The summed E-state index contributed by atoms with van der Waals surface area (Å²) in [5, 5.41) is 6.85. The summed E-state index contributed by atoms with van der Waals surface area (Å²) in [7, 11) is 1.80. The Kier molecular flexibility index (Phi) is 5.72. The molecule has 1 aliphatic carbocycles. The maximum Gasteiger partial charge on any atom is 0.191 e. The summed E-state index contributed by atoms with van der Waals surface area (Å²) in [5.41, 5.74) is 1.30. The van der Waals surface area contributed by atoms with E-state index in [2.05, 4.69) is 15.6 Å². The van der Waals surface area contributed by atoms with E-state index in [1.165, 1.54) is 18.4 Å². The lowest BCUT2D eigenvalue weighted by Crippen LogP contribution is -2.46. The quantitative estimate of drug-likeness (QED) is 0.643. The molecule has 4 nitrogen and oxygen atoms in total. The van der Waals surface area contributed by atoms with Gasteiger partial charge in [-0.2, -0.15) is 0 Å². The molecule has 1 atom stereocenters. The molecular weight excluding hydrogens is 305 g/mol. The second-order valence-electron chi connectivity index (χ2n) is 6.94. The summed E-state index contributed by atoms with van der Waals surface area (Å²) in [6.07, 6.45) is 7.27. The highest BCUT2D eigenvalue weighted by molar-refractivity contribution is 5.79. The number of hydrogen-bond donors (Lipinski definition) is 2. The largest absolute Gasteiger partial charge is 0.376 e. The molecule has 1 aromatic carbocycles. The molecular formula is C19H28FN3O. The van der Waals surface area contributed by atoms with Crippen LogP contribution in [0.3, 0.4) is 0 Å². The van der Waals surface area contributed by atoms with Crippen LogP contribution < -0.4 is 10.6 Å². The highest BCUT2D eigenvalue weighted by Crippen LogP contribution is 2.40. The van der Waals surface area contributed by atoms with E-state index >= 15 is 0 Å². The topological polar surface area (TPSA) is 45.7 Å². The fourth-order valence-electron chi connectivity index (χ4n) is 3.91. The van der Waals surface area contributed by atoms with E-state index in [9.17, 15) is 4.39 Å². The van der Waals surface area contributed by atoms with Crippen LogP contribution >= 0.6 is 0 Å². The lowest BCUT2D eigenvalue weighted by Gasteiger charge is -2.31. The molecule has 1 saturated carbocycles. The Labute approximate surface area is 143 Å². The molecule has 0 bridgehead atoms. The van der Waals surface area contributed by atoms with Crippen molar-refractivity contribution in [2.75, 3.05) is 26.7 Å². The third-order valence-electron chi connectivity index (χ3n) is 5.36. The van der Waals surface area contributed by atoms with Gasteiger partial charge in [0.1, 0.15) is 5.82 Å². The van der Waals surface area contributed by atoms with Crippen molar-refractivity contribution in [1.29, 1.82) is 0 Å². The fourth-order valence-corrected chi connectivity index (χ4v) is 3.91. The summed E-state index contributed by atoms with van der Waals surface area (Å²) >= 11 is 0. The number of rotatable bonds is 5. The number of nitrogens with zero attached hydrogens (tertiary/aromatic N) is 1. The highest BCUT2D eigenvalue weighted by Gasteiger charge is 2.35. The van der Waals surface area contributed by atoms with Gasteiger partial charge in [-0.05, 0) is 43.4 Å². The van der Waals surface area contributed by atoms with Gasteiger partial charge in [0.2, 0.25) is 0 Å². The standard InChI is InChI=1S/C19H28FN3O/c1-21-18(22-13-17-5-4-12-24-17)23-14-19(10-2-3-11-19)15-6-8-16(20)9-7-15/h6-9,17H,2-5,10-14H2,1H3,(H2,21,22,23). The van der Waals surface area contributed by atoms with Gasteiger partial charge in [-0.15, -0.1) is 0 Å². The summed E-state index contributed by atoms with van der Waals surface area (Å²) in [4.78, 5) is 4.33. The van der Waals surface area contributed by atoms with Crippen molar-refractivity contribution in [3.05, 3.63) is 35.6 Å². The van der Waals surface area contributed by atoms with Crippen LogP contribution in [0.15, 0.2) is 29.3 Å². The van der Waals surface area contributed by atoms with Crippen molar-refractivity contribution in [1.82, 2.24) is 10.6 Å². The second-order valence-corrected chi connectivity index (χ2v) is 6.94. The molecule has 0 spiro atoms. The van der Waals surface area contributed by atoms with Crippen LogP contribution in [0.4, 0.5) is 4.39 Å². The van der Waals surface area contributed by atoms with Gasteiger partial charge in [-0.1, -0.05) is 25.0 Å². The molecule has 1 aliphatic heterocycles. The van der Waals surface area contributed by atoms with Gasteiger partial charge in [0.05, 0.1) is 6.10 Å². The van der Waals surface area contributed by atoms with Gasteiger partial charge in [0.25, 0.3) is 0 Å². The first kappa shape index (κ1) is 17.2. The van der Waals surface area contributed by atoms with Gasteiger partial charge < -0.3 is 15.4 Å². The number of ether oxygens (including phenoxy) is 1. The third-order valence-corrected chi connectivity index (χ3v) is 5.36. The Morgan fingerprint density at radius 1 is 1.21 bits per heavy atom. The Balaban J connectivity index is 1.59. The molecule has 0 aromatic heterocycles. The Morgan fingerprint density at radius 2 is 1.96 bits per heavy atom. The van der Waals surface area contributed by atoms with Gasteiger partial charge in [-0.3, -0.25) is 4.99 Å². The van der Waals surface area contributed by atoms with Crippen molar-refractivity contribution in [3.63, 3.8) is 0 Å². The van der Waals surface area contributed by atoms with E-state index in [4.69, 9.17) is 4.74 Å². The van der Waals surface area contributed by atoms with E-state index in [0.29, 0.717) is 6.10 Å². The van der Waals surface area contributed by atoms with Crippen LogP contribution in [0, 0.1) is 5.82 Å². The van der Waals surface area contributed by atoms with Crippen molar-refractivity contribution >= 4 is 5.96 Å². The van der Waals surface area contributed by atoms with Gasteiger partial charge >= 0.3 is 0 Å². The smallest absolute Gasteiger partial charge is 0.191 e. The van der Waals surface area contributed by atoms with Crippen LogP contribution in [-0.2, 0) is 10.2 Å². The van der Waals surface area contributed by atoms with Crippen molar-refractivity contribution < 1.29 is 9.13 Å². The summed E-state index contributed by atoms with van der Waals surface area (Å²) < 4.78 is 18.9. The molecule has 1 aromatic rings. The monoisotopic (exact) mass is 333 g/mol. The summed E-state index contributed by atoms with van der Waals surface area (Å²) in [5.74, 6) is 0.646. The van der Waals surface area contributed by atoms with E-state index in [0.717, 1.165) is 51.3 Å². The van der Waals surface area contributed by atoms with Crippen LogP contribution in [-0.4, -0.2) is 38.8 Å². The van der Waals surface area contributed by atoms with Crippen molar-refractivity contribution in [2.45, 2.75) is 50.0 Å². The predicted molar refractivity (Wildman–Crippen MR) is 94.9 cm³/mol. The Hall–Kier alpha value is -1.62. The molecule has 2 fully saturated rings. The molecule has 24 heavy (non-hydrogen) atoms. The zero-order valence-electron chi connectivity index (χ0n) is 14.5. The van der Waals surface area contributed by atoms with E-state index in [-0.39, 0.29) is 11.2 Å². The van der Waals surface area contributed by atoms with Crippen molar-refractivity contribution in [2.24, 2.45) is 4.99 Å². The molecule has 3 rings (SSSR count). The summed E-state index contributed by atoms with van der Waals surface area (Å²) in [6, 6.07) is 7.01. The molecule has 132 valence electrons. The molecule has 2 N–H and O–H groups in total. The number of aliphatic imine (C=N–C) groups is 1. The number of nitrogens with one attached hydrogen (secondary N) is 2. The number of halogens is 1. The molecule has 0 amide bonds. The number of benzene rings is 1. The zero-order valence-corrected chi connectivity index (χ0v) is 14.5. The molecule has 1 unspecified atom stereocenters. The first-order valence-electron chi connectivity index (χ1n) is 9.04. The minimum absolute atomic E-state index is 0.0786. The maximum absolute atomic E-state index is 13.3. The van der Waals surface area contributed by atoms with Crippen LogP contribution in [0.1, 0.15) is 44.1 Å². The maximum atomic E-state index is 13.3. The number of guanidine groups is 1. The van der Waals surface area contributed by atoms with Gasteiger partial charge in [0, 0.05) is 32.2 Å². The second kappa shape index (κ2) is 7.97. The molecule has 5 heteroatoms. The fraction of sp³-hybridized carbons (Fsp3) is 0.632. The van der Waals surface area contributed by atoms with Crippen LogP contribution in [0.5, 0.6) is 0 Å². The van der Waals surface area contributed by atoms with Crippen LogP contribution in [0.2, 0.25) is 0 Å².